The highest BCUT2D eigenvalue weighted by Gasteiger charge is 2.34. The van der Waals surface area contributed by atoms with Crippen LogP contribution in [-0.4, -0.2) is 54.9 Å². The molecule has 0 spiro atoms. The van der Waals surface area contributed by atoms with Crippen molar-refractivity contribution in [3.05, 3.63) is 81.9 Å². The lowest BCUT2D eigenvalue weighted by atomic mass is 9.92. The van der Waals surface area contributed by atoms with Gasteiger partial charge >= 0.3 is 12.1 Å². The fourth-order valence-corrected chi connectivity index (χ4v) is 5.72. The Hall–Kier alpha value is -3.11. The smallest absolute Gasteiger partial charge is 0.416 e. The Kier molecular flexibility index (Phi) is 12.9. The second-order valence-electron chi connectivity index (χ2n) is 11.6. The highest BCUT2D eigenvalue weighted by molar-refractivity contribution is 5.89. The molecule has 1 aromatic heterocycles. The molecular formula is C33H46F3N3O4. The minimum absolute atomic E-state index is 0.256. The highest BCUT2D eigenvalue weighted by atomic mass is 19.4. The van der Waals surface area contributed by atoms with Crippen LogP contribution in [-0.2, 0) is 28.7 Å². The van der Waals surface area contributed by atoms with Crippen molar-refractivity contribution in [2.24, 2.45) is 17.8 Å². The summed E-state index contributed by atoms with van der Waals surface area (Å²) in [6.45, 7) is 14.0. The summed E-state index contributed by atoms with van der Waals surface area (Å²) in [7, 11) is 1.73. The van der Waals surface area contributed by atoms with Crippen molar-refractivity contribution in [2.75, 3.05) is 33.4 Å². The molecule has 1 aromatic carbocycles. The van der Waals surface area contributed by atoms with Crippen LogP contribution in [0.1, 0.15) is 68.1 Å². The summed E-state index contributed by atoms with van der Waals surface area (Å²) in [4.78, 5) is 25.2. The van der Waals surface area contributed by atoms with E-state index in [4.69, 9.17) is 9.47 Å². The van der Waals surface area contributed by atoms with Crippen LogP contribution >= 0.6 is 0 Å². The molecule has 2 aliphatic rings. The van der Waals surface area contributed by atoms with Gasteiger partial charge in [0.1, 0.15) is 0 Å². The zero-order valence-electron chi connectivity index (χ0n) is 25.8. The van der Waals surface area contributed by atoms with E-state index in [0.717, 1.165) is 50.6 Å². The first-order chi connectivity index (χ1) is 20.4. The standard InChI is InChI=1S/C24H36F3N3O2.C9H10O2/c1-16(2)19(7-10-32-4)14-28-21-6-5-18(11-21)17(3)29-8-9-30-22(15-29)12-20(13-23(30)31)24(25,26)27;1-2-11-9(10)8-6-4-3-5-7-8/h12-13,16,18-19,21,28H,3,5-11,14-15H2,1-2,4H3;3-7H,2H2,1H3/t18-,19?,21+;/m0./s1. The number of ether oxygens (including phenoxy) is 2. The van der Waals surface area contributed by atoms with E-state index in [1.54, 1.807) is 26.2 Å². The van der Waals surface area contributed by atoms with Crippen LogP contribution in [0.5, 0.6) is 0 Å². The first kappa shape index (κ1) is 34.4. The third kappa shape index (κ3) is 9.96. The lowest BCUT2D eigenvalue weighted by Gasteiger charge is -2.35. The number of fused-ring (bicyclic) bond motifs is 1. The topological polar surface area (TPSA) is 72.8 Å². The van der Waals surface area contributed by atoms with Crippen LogP contribution in [0.2, 0.25) is 0 Å². The van der Waals surface area contributed by atoms with Gasteiger partial charge in [-0.2, -0.15) is 13.2 Å². The summed E-state index contributed by atoms with van der Waals surface area (Å²) in [6, 6.07) is 11.2. The van der Waals surface area contributed by atoms with Crippen LogP contribution in [0, 0.1) is 17.8 Å². The minimum atomic E-state index is -4.52. The number of carbonyl (C=O) groups excluding carboxylic acids is 1. The number of hydrogen-bond donors (Lipinski definition) is 1. The van der Waals surface area contributed by atoms with Gasteiger partial charge in [-0.1, -0.05) is 38.6 Å². The summed E-state index contributed by atoms with van der Waals surface area (Å²) in [5, 5.41) is 3.72. The van der Waals surface area contributed by atoms with Gasteiger partial charge in [-0.3, -0.25) is 4.79 Å². The van der Waals surface area contributed by atoms with Gasteiger partial charge in [0.15, 0.2) is 0 Å². The van der Waals surface area contributed by atoms with E-state index >= 15 is 0 Å². The molecule has 7 nitrogen and oxygen atoms in total. The number of methoxy groups -OCH3 is 1. The number of nitrogens with one attached hydrogen (secondary N) is 1. The number of pyridine rings is 1. The SMILES string of the molecule is C=C([C@H]1CC[C@@H](NCC(CCOC)C(C)C)C1)N1CCn2c(cc(C(F)(F)F)cc2=O)C1.CCOC(=O)c1ccccc1. The fourth-order valence-electron chi connectivity index (χ4n) is 5.72. The maximum Gasteiger partial charge on any atom is 0.416 e. The van der Waals surface area contributed by atoms with E-state index in [2.05, 4.69) is 30.6 Å². The van der Waals surface area contributed by atoms with Crippen molar-refractivity contribution in [3.8, 4) is 0 Å². The molecule has 1 fully saturated rings. The Balaban J connectivity index is 0.000000386. The third-order valence-electron chi connectivity index (χ3n) is 8.39. The Morgan fingerprint density at radius 3 is 2.49 bits per heavy atom. The molecular weight excluding hydrogens is 559 g/mol. The predicted octanol–water partition coefficient (Wildman–Crippen LogP) is 6.13. The lowest BCUT2D eigenvalue weighted by Crippen LogP contribution is -2.40. The van der Waals surface area contributed by atoms with Crippen LogP contribution in [0.25, 0.3) is 0 Å². The number of allylic oxidation sites excluding steroid dienone is 1. The number of alkyl halides is 3. The zero-order valence-corrected chi connectivity index (χ0v) is 25.8. The van der Waals surface area contributed by atoms with Crippen molar-refractivity contribution < 1.29 is 27.4 Å². The van der Waals surface area contributed by atoms with Gasteiger partial charge in [-0.25, -0.2) is 4.79 Å². The largest absolute Gasteiger partial charge is 0.462 e. The van der Waals surface area contributed by atoms with Crippen LogP contribution < -0.4 is 10.9 Å². The molecule has 1 unspecified atom stereocenters. The van der Waals surface area contributed by atoms with Gasteiger partial charge in [0.2, 0.25) is 0 Å². The molecule has 43 heavy (non-hydrogen) atoms. The van der Waals surface area contributed by atoms with Gasteiger partial charge in [0.25, 0.3) is 5.56 Å². The van der Waals surface area contributed by atoms with Gasteiger partial charge < -0.3 is 24.3 Å². The second-order valence-corrected chi connectivity index (χ2v) is 11.6. The van der Waals surface area contributed by atoms with E-state index < -0.39 is 17.3 Å². The Morgan fingerprint density at radius 2 is 1.86 bits per heavy atom. The van der Waals surface area contributed by atoms with Crippen LogP contribution in [0.15, 0.2) is 59.5 Å². The van der Waals surface area contributed by atoms with E-state index in [-0.39, 0.29) is 5.97 Å². The number of aromatic nitrogens is 1. The van der Waals surface area contributed by atoms with Gasteiger partial charge in [0, 0.05) is 50.3 Å². The lowest BCUT2D eigenvalue weighted by molar-refractivity contribution is -0.137. The predicted molar refractivity (Wildman–Crippen MR) is 162 cm³/mol. The first-order valence-electron chi connectivity index (χ1n) is 15.1. The summed E-state index contributed by atoms with van der Waals surface area (Å²) in [6.07, 6.45) is -0.403. The van der Waals surface area contributed by atoms with Gasteiger partial charge in [-0.15, -0.1) is 0 Å². The Morgan fingerprint density at radius 1 is 1.14 bits per heavy atom. The third-order valence-corrected chi connectivity index (χ3v) is 8.39. The molecule has 4 rings (SSSR count). The van der Waals surface area contributed by atoms with E-state index in [9.17, 15) is 22.8 Å². The van der Waals surface area contributed by atoms with E-state index in [0.29, 0.717) is 67.4 Å². The maximum atomic E-state index is 13.1. The zero-order chi connectivity index (χ0) is 31.6. The molecule has 0 radical (unpaired) electrons. The summed E-state index contributed by atoms with van der Waals surface area (Å²) >= 11 is 0. The minimum Gasteiger partial charge on any atom is -0.462 e. The molecule has 0 saturated heterocycles. The number of nitrogens with zero attached hydrogens (tertiary/aromatic N) is 2. The number of benzene rings is 1. The Bertz CT molecular complexity index is 1250. The molecule has 1 aliphatic carbocycles. The number of esters is 1. The molecule has 2 heterocycles. The maximum absolute atomic E-state index is 13.1. The Labute approximate surface area is 253 Å². The van der Waals surface area contributed by atoms with E-state index in [1.165, 1.54) is 4.57 Å². The molecule has 10 heteroatoms. The number of rotatable bonds is 11. The average molecular weight is 606 g/mol. The molecule has 1 N–H and O–H groups in total. The molecule has 1 saturated carbocycles. The molecule has 1 aliphatic heterocycles. The van der Waals surface area contributed by atoms with Crippen molar-refractivity contribution >= 4 is 5.97 Å². The number of carbonyl (C=O) groups is 1. The number of hydrogen-bond acceptors (Lipinski definition) is 6. The van der Waals surface area contributed by atoms with Crippen LogP contribution in [0.3, 0.4) is 0 Å². The first-order valence-corrected chi connectivity index (χ1v) is 15.1. The highest BCUT2D eigenvalue weighted by Crippen LogP contribution is 2.35. The fraction of sp³-hybridized carbons (Fsp3) is 0.576. The van der Waals surface area contributed by atoms with E-state index in [1.807, 2.05) is 18.2 Å². The monoisotopic (exact) mass is 605 g/mol. The van der Waals surface area contributed by atoms with Crippen molar-refractivity contribution in [3.63, 3.8) is 0 Å². The number of halogens is 3. The molecule has 2 aromatic rings. The molecule has 0 amide bonds. The van der Waals surface area contributed by atoms with Crippen molar-refractivity contribution in [2.45, 2.75) is 71.8 Å². The summed E-state index contributed by atoms with van der Waals surface area (Å²) < 4.78 is 50.9. The van der Waals surface area contributed by atoms with Gasteiger partial charge in [0.05, 0.1) is 24.3 Å². The van der Waals surface area contributed by atoms with Crippen LogP contribution in [0.4, 0.5) is 13.2 Å². The molecule has 238 valence electrons. The van der Waals surface area contributed by atoms with Crippen molar-refractivity contribution in [1.82, 2.24) is 14.8 Å². The van der Waals surface area contributed by atoms with Crippen molar-refractivity contribution in [1.29, 1.82) is 0 Å². The summed E-state index contributed by atoms with van der Waals surface area (Å²) in [5.74, 6) is 1.21. The molecule has 3 atom stereocenters. The average Bonchev–Trinajstić information content (AvgIpc) is 3.46. The molecule has 0 bridgehead atoms. The second kappa shape index (κ2) is 16.1. The normalized spacial score (nSPS) is 18.9. The quantitative estimate of drug-likeness (QED) is 0.311. The van der Waals surface area contributed by atoms with Gasteiger partial charge in [-0.05, 0) is 75.1 Å². The summed E-state index contributed by atoms with van der Waals surface area (Å²) in [5.41, 5.74) is 0.528.